The van der Waals surface area contributed by atoms with Crippen molar-refractivity contribution in [1.82, 2.24) is 4.57 Å². The molecular formula is C11H20F3N2O3S+. The molecule has 1 N–H and O–H groups in total. The maximum absolute atomic E-state index is 10.7. The molecule has 118 valence electrons. The maximum Gasteiger partial charge on any atom is 0.522 e. The molecule has 0 fully saturated rings. The van der Waals surface area contributed by atoms with Crippen molar-refractivity contribution < 1.29 is 30.7 Å². The lowest BCUT2D eigenvalue weighted by Crippen LogP contribution is -2.23. The number of imidazole rings is 1. The molecule has 0 saturated heterocycles. The van der Waals surface area contributed by atoms with Crippen LogP contribution in [0.25, 0.3) is 0 Å². The highest BCUT2D eigenvalue weighted by Gasteiger charge is 2.44. The average Bonchev–Trinajstić information content (AvgIpc) is 2.69. The monoisotopic (exact) mass is 317 g/mol. The molecule has 1 aromatic heterocycles. The highest BCUT2D eigenvalue weighted by molar-refractivity contribution is 7.86. The fourth-order valence-electron chi connectivity index (χ4n) is 1.36. The van der Waals surface area contributed by atoms with E-state index in [1.54, 1.807) is 0 Å². The molecule has 20 heavy (non-hydrogen) atoms. The van der Waals surface area contributed by atoms with Crippen LogP contribution in [0.3, 0.4) is 0 Å². The van der Waals surface area contributed by atoms with Gasteiger partial charge in [0, 0.05) is 0 Å². The normalized spacial score (nSPS) is 11.9. The van der Waals surface area contributed by atoms with E-state index in [0.29, 0.717) is 0 Å². The summed E-state index contributed by atoms with van der Waals surface area (Å²) in [4.78, 5) is 0. The van der Waals surface area contributed by atoms with E-state index in [0.717, 1.165) is 0 Å². The molecule has 1 aromatic rings. The predicted octanol–water partition coefficient (Wildman–Crippen LogP) is 2.29. The highest BCUT2D eigenvalue weighted by Crippen LogP contribution is 2.20. The Hall–Kier alpha value is -1.09. The van der Waals surface area contributed by atoms with Crippen LogP contribution in [0.4, 0.5) is 13.2 Å². The molecule has 0 aliphatic rings. The number of unbranched alkanes of at least 4 members (excludes halogenated alkanes) is 3. The second kappa shape index (κ2) is 8.25. The Morgan fingerprint density at radius 2 is 1.80 bits per heavy atom. The van der Waals surface area contributed by atoms with Gasteiger partial charge in [0.25, 0.3) is 0 Å². The Bertz CT molecular complexity index is 483. The fourth-order valence-corrected chi connectivity index (χ4v) is 1.36. The van der Waals surface area contributed by atoms with E-state index in [2.05, 4.69) is 41.8 Å². The lowest BCUT2D eigenvalue weighted by molar-refractivity contribution is -0.671. The summed E-state index contributed by atoms with van der Waals surface area (Å²) in [5.74, 6) is 0. The summed E-state index contributed by atoms with van der Waals surface area (Å²) in [5.41, 5.74) is -5.53. The van der Waals surface area contributed by atoms with E-state index in [-0.39, 0.29) is 0 Å². The number of nitrogens with zero attached hydrogens (tertiary/aromatic N) is 2. The van der Waals surface area contributed by atoms with Crippen LogP contribution in [0, 0.1) is 0 Å². The van der Waals surface area contributed by atoms with E-state index in [1.165, 1.54) is 32.2 Å². The molecule has 0 radical (unpaired) electrons. The van der Waals surface area contributed by atoms with Gasteiger partial charge in [-0.3, -0.25) is 4.55 Å². The van der Waals surface area contributed by atoms with Crippen molar-refractivity contribution in [3.63, 3.8) is 0 Å². The van der Waals surface area contributed by atoms with Crippen LogP contribution >= 0.6 is 0 Å². The van der Waals surface area contributed by atoms with Crippen molar-refractivity contribution in [3.8, 4) is 0 Å². The number of halogens is 3. The molecule has 0 saturated carbocycles. The Morgan fingerprint density at radius 1 is 1.25 bits per heavy atom. The fraction of sp³-hybridized carbons (Fsp3) is 0.727. The van der Waals surface area contributed by atoms with Gasteiger partial charge >= 0.3 is 15.6 Å². The smallest absolute Gasteiger partial charge is 0.279 e. The minimum Gasteiger partial charge on any atom is -0.279 e. The van der Waals surface area contributed by atoms with Gasteiger partial charge in [0.2, 0.25) is 6.33 Å². The van der Waals surface area contributed by atoms with Crippen molar-refractivity contribution in [3.05, 3.63) is 18.7 Å². The van der Waals surface area contributed by atoms with Crippen molar-refractivity contribution in [2.24, 2.45) is 7.05 Å². The van der Waals surface area contributed by atoms with Crippen LogP contribution in [-0.4, -0.2) is 23.0 Å². The number of hydrogen-bond acceptors (Lipinski definition) is 2. The third-order valence-electron chi connectivity index (χ3n) is 2.39. The Balaban J connectivity index is 0.000000396. The van der Waals surface area contributed by atoms with Gasteiger partial charge in [0.15, 0.2) is 0 Å². The third kappa shape index (κ3) is 8.16. The van der Waals surface area contributed by atoms with Gasteiger partial charge in [0.1, 0.15) is 12.4 Å². The van der Waals surface area contributed by atoms with Gasteiger partial charge in [-0.05, 0) is 12.8 Å². The molecule has 1 heterocycles. The van der Waals surface area contributed by atoms with E-state index < -0.39 is 15.6 Å². The standard InChI is InChI=1S/C10H19N2.CHF3O3S/c1-3-4-5-6-7-12-9-8-11(2)10-12;2-1(3,4)8(5,6)7/h8-10H,3-7H2,1-2H3;(H,5,6,7)/q+1;. The number of rotatable bonds is 5. The van der Waals surface area contributed by atoms with E-state index in [4.69, 9.17) is 13.0 Å². The van der Waals surface area contributed by atoms with Gasteiger partial charge in [-0.1, -0.05) is 19.8 Å². The highest BCUT2D eigenvalue weighted by atomic mass is 32.2. The molecule has 0 spiro atoms. The second-order valence-electron chi connectivity index (χ2n) is 4.30. The largest absolute Gasteiger partial charge is 0.522 e. The SMILES string of the molecule is CCCCCCn1cc[n+](C)c1.O=S(=O)(O)C(F)(F)F. The number of hydrogen-bond donors (Lipinski definition) is 1. The number of aromatic nitrogens is 2. The summed E-state index contributed by atoms with van der Waals surface area (Å²) in [7, 11) is -3.78. The topological polar surface area (TPSA) is 63.2 Å². The van der Waals surface area contributed by atoms with Gasteiger partial charge in [-0.15, -0.1) is 0 Å². The zero-order valence-electron chi connectivity index (χ0n) is 11.5. The third-order valence-corrected chi connectivity index (χ3v) is 2.97. The molecule has 0 aromatic carbocycles. The summed E-state index contributed by atoms with van der Waals surface area (Å²) >= 11 is 0. The summed E-state index contributed by atoms with van der Waals surface area (Å²) < 4.78 is 61.9. The van der Waals surface area contributed by atoms with Crippen LogP contribution in [0.5, 0.6) is 0 Å². The van der Waals surface area contributed by atoms with E-state index >= 15 is 0 Å². The second-order valence-corrected chi connectivity index (χ2v) is 5.71. The quantitative estimate of drug-likeness (QED) is 0.392. The molecular weight excluding hydrogens is 297 g/mol. The van der Waals surface area contributed by atoms with Crippen LogP contribution in [0.15, 0.2) is 18.7 Å². The van der Waals surface area contributed by atoms with Gasteiger partial charge < -0.3 is 0 Å². The molecule has 0 aliphatic heterocycles. The first-order valence-corrected chi connectivity index (χ1v) is 7.56. The zero-order chi connectivity index (χ0) is 15.8. The molecule has 0 bridgehead atoms. The first kappa shape index (κ1) is 18.9. The molecule has 9 heteroatoms. The molecule has 0 amide bonds. The minimum atomic E-state index is -5.84. The molecule has 0 atom stereocenters. The molecule has 0 aliphatic carbocycles. The summed E-state index contributed by atoms with van der Waals surface area (Å²) in [6.45, 7) is 3.41. The van der Waals surface area contributed by atoms with Gasteiger partial charge in [-0.2, -0.15) is 21.6 Å². The van der Waals surface area contributed by atoms with Crippen LogP contribution < -0.4 is 4.57 Å². The maximum atomic E-state index is 10.7. The minimum absolute atomic E-state index is 1.17. The van der Waals surface area contributed by atoms with Gasteiger partial charge in [0.05, 0.1) is 13.6 Å². The molecule has 1 rings (SSSR count). The Kier molecular flexibility index (Phi) is 7.80. The lowest BCUT2D eigenvalue weighted by atomic mass is 10.2. The Morgan fingerprint density at radius 3 is 2.15 bits per heavy atom. The molecule has 5 nitrogen and oxygen atoms in total. The first-order valence-electron chi connectivity index (χ1n) is 6.12. The average molecular weight is 317 g/mol. The lowest BCUT2D eigenvalue weighted by Gasteiger charge is -1.97. The zero-order valence-corrected chi connectivity index (χ0v) is 12.3. The van der Waals surface area contributed by atoms with Crippen molar-refractivity contribution >= 4 is 10.1 Å². The number of aryl methyl sites for hydroxylation is 2. The summed E-state index contributed by atoms with van der Waals surface area (Å²) in [5, 5.41) is 0. The summed E-state index contributed by atoms with van der Waals surface area (Å²) in [6.07, 6.45) is 11.7. The van der Waals surface area contributed by atoms with Crippen molar-refractivity contribution in [1.29, 1.82) is 0 Å². The van der Waals surface area contributed by atoms with Crippen molar-refractivity contribution in [2.75, 3.05) is 0 Å². The first-order chi connectivity index (χ1) is 9.08. The van der Waals surface area contributed by atoms with Crippen LogP contribution in [0.2, 0.25) is 0 Å². The van der Waals surface area contributed by atoms with E-state index in [1.807, 2.05) is 0 Å². The summed E-state index contributed by atoms with van der Waals surface area (Å²) in [6, 6.07) is 0. The van der Waals surface area contributed by atoms with E-state index in [9.17, 15) is 13.2 Å². The van der Waals surface area contributed by atoms with Gasteiger partial charge in [-0.25, -0.2) is 9.13 Å². The number of alkyl halides is 3. The molecule has 0 unspecified atom stereocenters. The van der Waals surface area contributed by atoms with Crippen molar-refractivity contribution in [2.45, 2.75) is 44.7 Å². The predicted molar refractivity (Wildman–Crippen MR) is 67.4 cm³/mol. The van der Waals surface area contributed by atoms with Crippen LogP contribution in [-0.2, 0) is 23.7 Å². The van der Waals surface area contributed by atoms with Crippen LogP contribution in [0.1, 0.15) is 32.6 Å². The Labute approximate surface area is 116 Å².